The third-order valence-corrected chi connectivity index (χ3v) is 5.45. The van der Waals surface area contributed by atoms with E-state index in [0.29, 0.717) is 24.0 Å². The summed E-state index contributed by atoms with van der Waals surface area (Å²) in [6, 6.07) is 4.94. The Morgan fingerprint density at radius 1 is 1.30 bits per heavy atom. The zero-order chi connectivity index (χ0) is 16.4. The molecule has 0 radical (unpaired) electrons. The number of nitrogens with one attached hydrogen (secondary N) is 1. The number of rotatable bonds is 6. The number of hydrogen-bond donors (Lipinski definition) is 1. The van der Waals surface area contributed by atoms with E-state index in [9.17, 15) is 8.42 Å². The van der Waals surface area contributed by atoms with Gasteiger partial charge < -0.3 is 4.90 Å². The first-order valence-electron chi connectivity index (χ1n) is 7.64. The molecule has 2 aromatic rings. The van der Waals surface area contributed by atoms with Crippen LogP contribution in [0.2, 0.25) is 0 Å². The van der Waals surface area contributed by atoms with Crippen LogP contribution in [0.25, 0.3) is 0 Å². The summed E-state index contributed by atoms with van der Waals surface area (Å²) in [6.07, 6.45) is 6.66. The van der Waals surface area contributed by atoms with Gasteiger partial charge in [-0.3, -0.25) is 9.40 Å². The maximum absolute atomic E-state index is 12.7. The van der Waals surface area contributed by atoms with Crippen molar-refractivity contribution in [2.45, 2.75) is 30.8 Å². The number of hydrogen-bond acceptors (Lipinski definition) is 5. The summed E-state index contributed by atoms with van der Waals surface area (Å²) < 4.78 is 29.7. The second-order valence-corrected chi connectivity index (χ2v) is 7.65. The van der Waals surface area contributed by atoms with Crippen molar-refractivity contribution < 1.29 is 8.42 Å². The molecule has 23 heavy (non-hydrogen) atoms. The minimum absolute atomic E-state index is 0.193. The van der Waals surface area contributed by atoms with Crippen LogP contribution in [0, 0.1) is 5.92 Å². The van der Waals surface area contributed by atoms with E-state index in [4.69, 9.17) is 0 Å². The quantitative estimate of drug-likeness (QED) is 0.873. The van der Waals surface area contributed by atoms with E-state index in [2.05, 4.69) is 14.8 Å². The summed E-state index contributed by atoms with van der Waals surface area (Å²) in [6.45, 7) is 0.650. The smallest absolute Gasteiger partial charge is 0.279 e. The van der Waals surface area contributed by atoms with Crippen molar-refractivity contribution in [1.82, 2.24) is 14.8 Å². The summed E-state index contributed by atoms with van der Waals surface area (Å²) in [7, 11) is -0.0618. The standard InChI is InChI=1S/C15H21N5O2S/c1-19(2)15-13(7-4-9-16-15)18-23(21,22)14-8-10-17-20(14)11-12-5-3-6-12/h4,7-10,12,18H,3,5-6,11H2,1-2H3. The monoisotopic (exact) mass is 335 g/mol. The van der Waals surface area contributed by atoms with Gasteiger partial charge >= 0.3 is 0 Å². The van der Waals surface area contributed by atoms with Crippen LogP contribution in [0.1, 0.15) is 19.3 Å². The minimum Gasteiger partial charge on any atom is -0.361 e. The Labute approximate surface area is 136 Å². The van der Waals surface area contributed by atoms with Crippen molar-refractivity contribution >= 4 is 21.5 Å². The van der Waals surface area contributed by atoms with Crippen LogP contribution in [0.15, 0.2) is 35.6 Å². The van der Waals surface area contributed by atoms with Crippen molar-refractivity contribution in [2.75, 3.05) is 23.7 Å². The van der Waals surface area contributed by atoms with Crippen molar-refractivity contribution in [3.05, 3.63) is 30.6 Å². The lowest BCUT2D eigenvalue weighted by atomic mass is 9.85. The van der Waals surface area contributed by atoms with Crippen molar-refractivity contribution in [1.29, 1.82) is 0 Å². The highest BCUT2D eigenvalue weighted by Gasteiger charge is 2.25. The fraction of sp³-hybridized carbons (Fsp3) is 0.467. The molecule has 0 unspecified atom stereocenters. The summed E-state index contributed by atoms with van der Waals surface area (Å²) in [5.74, 6) is 1.10. The fourth-order valence-corrected chi connectivity index (χ4v) is 3.83. The molecule has 0 spiro atoms. The van der Waals surface area contributed by atoms with E-state index >= 15 is 0 Å². The molecular weight excluding hydrogens is 314 g/mol. The Hall–Kier alpha value is -2.09. The first kappa shape index (κ1) is 15.8. The highest BCUT2D eigenvalue weighted by atomic mass is 32.2. The molecule has 0 aromatic carbocycles. The van der Waals surface area contributed by atoms with Gasteiger partial charge in [-0.2, -0.15) is 13.5 Å². The Morgan fingerprint density at radius 2 is 2.09 bits per heavy atom. The van der Waals surface area contributed by atoms with E-state index in [1.165, 1.54) is 18.7 Å². The van der Waals surface area contributed by atoms with E-state index in [-0.39, 0.29) is 5.03 Å². The molecule has 1 saturated carbocycles. The van der Waals surface area contributed by atoms with Gasteiger partial charge in [0.1, 0.15) is 0 Å². The zero-order valence-electron chi connectivity index (χ0n) is 13.3. The largest absolute Gasteiger partial charge is 0.361 e. The molecule has 1 N–H and O–H groups in total. The number of pyridine rings is 1. The normalized spacial score (nSPS) is 15.2. The molecule has 8 heteroatoms. The highest BCUT2D eigenvalue weighted by molar-refractivity contribution is 7.92. The average molecular weight is 335 g/mol. The van der Waals surface area contributed by atoms with Crippen molar-refractivity contribution in [2.24, 2.45) is 5.92 Å². The van der Waals surface area contributed by atoms with Crippen LogP contribution in [-0.2, 0) is 16.6 Å². The first-order chi connectivity index (χ1) is 11.0. The Morgan fingerprint density at radius 3 is 2.74 bits per heavy atom. The predicted molar refractivity (Wildman–Crippen MR) is 88.9 cm³/mol. The van der Waals surface area contributed by atoms with Crippen molar-refractivity contribution in [3.63, 3.8) is 0 Å². The van der Waals surface area contributed by atoms with Gasteiger partial charge in [-0.25, -0.2) is 4.98 Å². The summed E-state index contributed by atoms with van der Waals surface area (Å²) in [5, 5.41) is 4.37. The maximum atomic E-state index is 12.7. The SMILES string of the molecule is CN(C)c1ncccc1NS(=O)(=O)c1ccnn1CC1CCC1. The molecule has 0 bridgehead atoms. The van der Waals surface area contributed by atoms with Crippen LogP contribution in [0.3, 0.4) is 0 Å². The number of anilines is 2. The molecule has 1 aliphatic rings. The van der Waals surface area contributed by atoms with Crippen LogP contribution in [-0.4, -0.2) is 37.3 Å². The molecule has 124 valence electrons. The molecule has 3 rings (SSSR count). The molecule has 0 aliphatic heterocycles. The van der Waals surface area contributed by atoms with Crippen LogP contribution in [0.4, 0.5) is 11.5 Å². The predicted octanol–water partition coefficient (Wildman–Crippen LogP) is 1.94. The van der Waals surface area contributed by atoms with Crippen LogP contribution >= 0.6 is 0 Å². The van der Waals surface area contributed by atoms with E-state index in [1.54, 1.807) is 27.9 Å². The topological polar surface area (TPSA) is 80.1 Å². The highest BCUT2D eigenvalue weighted by Crippen LogP contribution is 2.29. The van der Waals surface area contributed by atoms with E-state index in [0.717, 1.165) is 12.8 Å². The number of sulfonamides is 1. The maximum Gasteiger partial charge on any atom is 0.279 e. The molecule has 1 fully saturated rings. The van der Waals surface area contributed by atoms with Gasteiger partial charge in [-0.05, 0) is 37.0 Å². The molecule has 1 aliphatic carbocycles. The van der Waals surface area contributed by atoms with E-state index in [1.807, 2.05) is 14.1 Å². The lowest BCUT2D eigenvalue weighted by Crippen LogP contribution is -2.24. The molecule has 0 atom stereocenters. The van der Waals surface area contributed by atoms with E-state index < -0.39 is 10.0 Å². The Bertz CT molecular complexity index is 781. The van der Waals surface area contributed by atoms with Gasteiger partial charge in [0, 0.05) is 26.8 Å². The van der Waals surface area contributed by atoms with Gasteiger partial charge in [0.2, 0.25) is 0 Å². The lowest BCUT2D eigenvalue weighted by Gasteiger charge is -2.25. The lowest BCUT2D eigenvalue weighted by molar-refractivity contribution is 0.258. The van der Waals surface area contributed by atoms with Gasteiger partial charge in [0.05, 0.1) is 11.9 Å². The average Bonchev–Trinajstić information content (AvgIpc) is 2.92. The number of nitrogens with zero attached hydrogens (tertiary/aromatic N) is 4. The summed E-state index contributed by atoms with van der Waals surface area (Å²) in [5.41, 5.74) is 0.453. The number of aromatic nitrogens is 3. The molecule has 2 heterocycles. The summed E-state index contributed by atoms with van der Waals surface area (Å²) >= 11 is 0. The van der Waals surface area contributed by atoms with Crippen LogP contribution < -0.4 is 9.62 Å². The summed E-state index contributed by atoms with van der Waals surface area (Å²) in [4.78, 5) is 5.98. The third kappa shape index (κ3) is 3.31. The molecule has 0 amide bonds. The van der Waals surface area contributed by atoms with Gasteiger partial charge in [-0.15, -0.1) is 0 Å². The Kier molecular flexibility index (Phi) is 4.25. The molecule has 0 saturated heterocycles. The minimum atomic E-state index is -3.70. The fourth-order valence-electron chi connectivity index (χ4n) is 2.64. The molecular formula is C15H21N5O2S. The van der Waals surface area contributed by atoms with Gasteiger partial charge in [0.25, 0.3) is 10.0 Å². The Balaban J connectivity index is 1.86. The van der Waals surface area contributed by atoms with Crippen molar-refractivity contribution in [3.8, 4) is 0 Å². The third-order valence-electron chi connectivity index (χ3n) is 4.06. The second-order valence-electron chi connectivity index (χ2n) is 6.02. The van der Waals surface area contributed by atoms with Gasteiger partial charge in [-0.1, -0.05) is 6.42 Å². The van der Waals surface area contributed by atoms with Crippen LogP contribution in [0.5, 0.6) is 0 Å². The zero-order valence-corrected chi connectivity index (χ0v) is 14.1. The second kappa shape index (κ2) is 6.19. The van der Waals surface area contributed by atoms with Gasteiger partial charge in [0.15, 0.2) is 10.8 Å². The molecule has 7 nitrogen and oxygen atoms in total. The molecule has 2 aromatic heterocycles. The first-order valence-corrected chi connectivity index (χ1v) is 9.12.